The van der Waals surface area contributed by atoms with Crippen molar-refractivity contribution in [2.45, 2.75) is 13.3 Å². The summed E-state index contributed by atoms with van der Waals surface area (Å²) in [6.45, 7) is 1.70. The summed E-state index contributed by atoms with van der Waals surface area (Å²) in [4.78, 5) is 28.1. The van der Waals surface area contributed by atoms with Crippen molar-refractivity contribution in [2.75, 3.05) is 7.11 Å². The molecular formula is C20H15Br2NO5. The maximum atomic E-state index is 12.2. The van der Waals surface area contributed by atoms with Gasteiger partial charge in [-0.2, -0.15) is 0 Å². The fraction of sp³-hybridized carbons (Fsp3) is 0.150. The van der Waals surface area contributed by atoms with E-state index in [1.807, 2.05) is 12.1 Å². The maximum Gasteiger partial charge on any atom is 0.363 e. The number of cyclic esters (lactones) is 1. The highest BCUT2D eigenvalue weighted by molar-refractivity contribution is 9.10. The van der Waals surface area contributed by atoms with Crippen LogP contribution >= 0.6 is 31.9 Å². The largest absolute Gasteiger partial charge is 0.493 e. The fourth-order valence-electron chi connectivity index (χ4n) is 2.39. The summed E-state index contributed by atoms with van der Waals surface area (Å²) < 4.78 is 17.3. The van der Waals surface area contributed by atoms with Gasteiger partial charge in [0.15, 0.2) is 17.2 Å². The first-order chi connectivity index (χ1) is 13.4. The molecule has 0 saturated carbocycles. The molecule has 0 unspecified atom stereocenters. The second-order valence-corrected chi connectivity index (χ2v) is 7.47. The number of benzene rings is 2. The number of carbonyl (C=O) groups excluding carboxylic acids is 2. The third-order valence-electron chi connectivity index (χ3n) is 3.77. The van der Waals surface area contributed by atoms with E-state index in [1.54, 1.807) is 37.3 Å². The van der Waals surface area contributed by atoms with E-state index in [4.69, 9.17) is 14.2 Å². The van der Waals surface area contributed by atoms with Gasteiger partial charge in [0, 0.05) is 16.5 Å². The first kappa shape index (κ1) is 20.3. The number of esters is 2. The lowest BCUT2D eigenvalue weighted by Crippen LogP contribution is -2.07. The Hall–Kier alpha value is -2.45. The van der Waals surface area contributed by atoms with Crippen LogP contribution in [0.25, 0.3) is 6.08 Å². The summed E-state index contributed by atoms with van der Waals surface area (Å²) in [6.07, 6.45) is 1.81. The van der Waals surface area contributed by atoms with Crippen molar-refractivity contribution < 1.29 is 23.8 Å². The fourth-order valence-corrected chi connectivity index (χ4v) is 3.20. The van der Waals surface area contributed by atoms with Crippen LogP contribution in [0.5, 0.6) is 11.5 Å². The zero-order valence-electron chi connectivity index (χ0n) is 15.0. The van der Waals surface area contributed by atoms with Gasteiger partial charge in [0.2, 0.25) is 5.90 Å². The Kier molecular flexibility index (Phi) is 6.31. The van der Waals surface area contributed by atoms with Crippen molar-refractivity contribution in [1.29, 1.82) is 0 Å². The first-order valence-corrected chi connectivity index (χ1v) is 9.86. The number of hydrogen-bond acceptors (Lipinski definition) is 6. The Labute approximate surface area is 178 Å². The standard InChI is InChI=1S/C20H15Br2NO5/c1-3-17(24)27-18-14(22)8-11(10-16(18)26-2)9-15-20(25)28-19(23-15)12-4-6-13(21)7-5-12/h4-10H,3H2,1-2H3/b15-9-. The predicted molar refractivity (Wildman–Crippen MR) is 111 cm³/mol. The zero-order chi connectivity index (χ0) is 20.3. The van der Waals surface area contributed by atoms with E-state index in [1.165, 1.54) is 7.11 Å². The van der Waals surface area contributed by atoms with Crippen LogP contribution in [0, 0.1) is 0 Å². The summed E-state index contributed by atoms with van der Waals surface area (Å²) in [5.74, 6) is -0.0537. The number of halogens is 2. The molecule has 8 heteroatoms. The molecule has 0 spiro atoms. The molecule has 3 rings (SSSR count). The van der Waals surface area contributed by atoms with Crippen molar-refractivity contribution >= 4 is 55.8 Å². The van der Waals surface area contributed by atoms with E-state index < -0.39 is 5.97 Å². The van der Waals surface area contributed by atoms with E-state index >= 15 is 0 Å². The molecular weight excluding hydrogens is 494 g/mol. The molecule has 6 nitrogen and oxygen atoms in total. The molecule has 1 aliphatic heterocycles. The molecule has 0 fully saturated rings. The highest BCUT2D eigenvalue weighted by atomic mass is 79.9. The Morgan fingerprint density at radius 3 is 2.57 bits per heavy atom. The van der Waals surface area contributed by atoms with Crippen molar-refractivity contribution in [3.05, 3.63) is 62.2 Å². The van der Waals surface area contributed by atoms with Crippen LogP contribution in [-0.4, -0.2) is 24.9 Å². The SMILES string of the molecule is CCC(=O)Oc1c(Br)cc(/C=C2\N=C(c3ccc(Br)cc3)OC2=O)cc1OC. The van der Waals surface area contributed by atoms with E-state index in [0.717, 1.165) is 4.47 Å². The Bertz CT molecular complexity index is 996. The number of carbonyl (C=O) groups is 2. The lowest BCUT2D eigenvalue weighted by atomic mass is 10.1. The second-order valence-electron chi connectivity index (χ2n) is 5.70. The van der Waals surface area contributed by atoms with E-state index in [9.17, 15) is 9.59 Å². The second kappa shape index (κ2) is 8.70. The average Bonchev–Trinajstić information content (AvgIpc) is 3.04. The molecule has 0 saturated heterocycles. The normalized spacial score (nSPS) is 14.6. The molecule has 0 atom stereocenters. The van der Waals surface area contributed by atoms with E-state index in [0.29, 0.717) is 21.3 Å². The van der Waals surface area contributed by atoms with Crippen LogP contribution in [0.2, 0.25) is 0 Å². The van der Waals surface area contributed by atoms with Crippen LogP contribution < -0.4 is 9.47 Å². The lowest BCUT2D eigenvalue weighted by Gasteiger charge is -2.11. The summed E-state index contributed by atoms with van der Waals surface area (Å²) in [5, 5.41) is 0. The number of ether oxygens (including phenoxy) is 3. The van der Waals surface area contributed by atoms with Gasteiger partial charge in [-0.15, -0.1) is 0 Å². The zero-order valence-corrected chi connectivity index (χ0v) is 18.2. The maximum absolute atomic E-state index is 12.2. The number of methoxy groups -OCH3 is 1. The Morgan fingerprint density at radius 2 is 1.93 bits per heavy atom. The monoisotopic (exact) mass is 507 g/mol. The first-order valence-electron chi connectivity index (χ1n) is 8.28. The minimum atomic E-state index is -0.547. The molecule has 0 bridgehead atoms. The summed E-state index contributed by atoms with van der Waals surface area (Å²) in [6, 6.07) is 10.6. The van der Waals surface area contributed by atoms with Gasteiger partial charge in [-0.25, -0.2) is 9.79 Å². The van der Waals surface area contributed by atoms with Crippen LogP contribution in [0.4, 0.5) is 0 Å². The molecule has 0 N–H and O–H groups in total. The lowest BCUT2D eigenvalue weighted by molar-refractivity contribution is -0.134. The molecule has 0 aliphatic carbocycles. The molecule has 1 aliphatic rings. The van der Waals surface area contributed by atoms with Gasteiger partial charge < -0.3 is 14.2 Å². The summed E-state index contributed by atoms with van der Waals surface area (Å²) in [7, 11) is 1.47. The molecule has 2 aromatic carbocycles. The van der Waals surface area contributed by atoms with Gasteiger partial charge in [0.25, 0.3) is 0 Å². The quantitative estimate of drug-likeness (QED) is 0.327. The third kappa shape index (κ3) is 4.51. The van der Waals surface area contributed by atoms with Gasteiger partial charge in [0.1, 0.15) is 0 Å². The van der Waals surface area contributed by atoms with Gasteiger partial charge in [0.05, 0.1) is 11.6 Å². The highest BCUT2D eigenvalue weighted by Crippen LogP contribution is 2.37. The number of hydrogen-bond donors (Lipinski definition) is 0. The van der Waals surface area contributed by atoms with Crippen molar-refractivity contribution in [2.24, 2.45) is 4.99 Å². The minimum Gasteiger partial charge on any atom is -0.493 e. The average molecular weight is 509 g/mol. The van der Waals surface area contributed by atoms with Crippen molar-refractivity contribution in [3.8, 4) is 11.5 Å². The van der Waals surface area contributed by atoms with Gasteiger partial charge in [-0.05, 0) is 64.0 Å². The van der Waals surface area contributed by atoms with Crippen molar-refractivity contribution in [1.82, 2.24) is 0 Å². The third-order valence-corrected chi connectivity index (χ3v) is 4.89. The van der Waals surface area contributed by atoms with E-state index in [-0.39, 0.29) is 29.7 Å². The summed E-state index contributed by atoms with van der Waals surface area (Å²) >= 11 is 6.73. The highest BCUT2D eigenvalue weighted by Gasteiger charge is 2.24. The number of nitrogens with zero attached hydrogens (tertiary/aromatic N) is 1. The van der Waals surface area contributed by atoms with Crippen LogP contribution in [0.1, 0.15) is 24.5 Å². The molecule has 0 radical (unpaired) electrons. The van der Waals surface area contributed by atoms with Gasteiger partial charge in [-0.1, -0.05) is 22.9 Å². The van der Waals surface area contributed by atoms with Crippen LogP contribution in [0.3, 0.4) is 0 Å². The van der Waals surface area contributed by atoms with Crippen LogP contribution in [0.15, 0.2) is 56.0 Å². The topological polar surface area (TPSA) is 74.2 Å². The Morgan fingerprint density at radius 1 is 1.21 bits per heavy atom. The molecule has 0 aromatic heterocycles. The molecule has 28 heavy (non-hydrogen) atoms. The number of aliphatic imine (C=N–C) groups is 1. The minimum absolute atomic E-state index is 0.158. The summed E-state index contributed by atoms with van der Waals surface area (Å²) in [5.41, 5.74) is 1.48. The molecule has 144 valence electrons. The van der Waals surface area contributed by atoms with E-state index in [2.05, 4.69) is 36.9 Å². The molecule has 2 aromatic rings. The number of rotatable bonds is 5. The smallest absolute Gasteiger partial charge is 0.363 e. The van der Waals surface area contributed by atoms with Crippen molar-refractivity contribution in [3.63, 3.8) is 0 Å². The predicted octanol–water partition coefficient (Wildman–Crippen LogP) is 4.88. The Balaban J connectivity index is 1.94. The molecule has 1 heterocycles. The molecule has 0 amide bonds. The van der Waals surface area contributed by atoms with Gasteiger partial charge >= 0.3 is 11.9 Å². The van der Waals surface area contributed by atoms with Crippen LogP contribution in [-0.2, 0) is 14.3 Å². The van der Waals surface area contributed by atoms with Gasteiger partial charge in [-0.3, -0.25) is 4.79 Å².